The van der Waals surface area contributed by atoms with Gasteiger partial charge in [-0.15, -0.1) is 0 Å². The van der Waals surface area contributed by atoms with Crippen LogP contribution in [0, 0.1) is 39.9 Å². The van der Waals surface area contributed by atoms with E-state index < -0.39 is 0 Å². The Balaban J connectivity index is 1.31. The van der Waals surface area contributed by atoms with Gasteiger partial charge >= 0.3 is 0 Å². The number of benzene rings is 6. The molecule has 0 bridgehead atoms. The van der Waals surface area contributed by atoms with Gasteiger partial charge in [-0.3, -0.25) is 0 Å². The molecule has 0 saturated heterocycles. The van der Waals surface area contributed by atoms with Crippen LogP contribution in [0.2, 0.25) is 0 Å². The SMILES string of the molecule is N#Cc1ccc2c(c1)c1cccc(-c3ccccc3-c3ccc4c5ccccc5n(-c5ccccc5C#N)c4c3)c1n2C1=CCC(C#N)CC1. The molecule has 9 rings (SSSR count). The minimum absolute atomic E-state index is 0.0304. The summed E-state index contributed by atoms with van der Waals surface area (Å²) in [6, 6.07) is 51.0. The molecule has 0 N–H and O–H groups in total. The normalized spacial score (nSPS) is 14.4. The predicted molar refractivity (Wildman–Crippen MR) is 201 cm³/mol. The molecule has 1 atom stereocenters. The second-order valence-electron chi connectivity index (χ2n) is 12.9. The van der Waals surface area contributed by atoms with Gasteiger partial charge in [0.2, 0.25) is 0 Å². The number of para-hydroxylation sites is 3. The average Bonchev–Trinajstić information content (AvgIpc) is 3.70. The first-order valence-electron chi connectivity index (χ1n) is 16.9. The molecule has 0 fully saturated rings. The quantitative estimate of drug-likeness (QED) is 0.192. The minimum atomic E-state index is 0.0304. The largest absolute Gasteiger partial charge is 0.313 e. The fraction of sp³-hybridized carbons (Fsp3) is 0.0889. The molecule has 2 heterocycles. The average molecular weight is 640 g/mol. The van der Waals surface area contributed by atoms with Gasteiger partial charge < -0.3 is 9.13 Å². The molecule has 5 heteroatoms. The number of hydrogen-bond donors (Lipinski definition) is 0. The summed E-state index contributed by atoms with van der Waals surface area (Å²) in [6.07, 6.45) is 4.58. The molecule has 0 saturated carbocycles. The zero-order chi connectivity index (χ0) is 33.8. The van der Waals surface area contributed by atoms with E-state index in [4.69, 9.17) is 0 Å². The highest BCUT2D eigenvalue weighted by Crippen LogP contribution is 2.44. The summed E-state index contributed by atoms with van der Waals surface area (Å²) in [4.78, 5) is 0. The Labute approximate surface area is 289 Å². The van der Waals surface area contributed by atoms with Gasteiger partial charge in [-0.25, -0.2) is 0 Å². The van der Waals surface area contributed by atoms with Gasteiger partial charge in [0, 0.05) is 32.8 Å². The van der Waals surface area contributed by atoms with Crippen molar-refractivity contribution in [2.75, 3.05) is 0 Å². The second kappa shape index (κ2) is 11.7. The first-order chi connectivity index (χ1) is 24.7. The highest BCUT2D eigenvalue weighted by atomic mass is 15.0. The van der Waals surface area contributed by atoms with Crippen LogP contribution in [0.5, 0.6) is 0 Å². The first-order valence-corrected chi connectivity index (χ1v) is 16.9. The van der Waals surface area contributed by atoms with Gasteiger partial charge in [-0.1, -0.05) is 91.0 Å². The Hall–Kier alpha value is -6.87. The van der Waals surface area contributed by atoms with Crippen LogP contribution < -0.4 is 0 Å². The third kappa shape index (κ3) is 4.44. The Morgan fingerprint density at radius 1 is 0.560 bits per heavy atom. The van der Waals surface area contributed by atoms with Crippen LogP contribution in [-0.4, -0.2) is 9.13 Å². The summed E-state index contributed by atoms with van der Waals surface area (Å²) < 4.78 is 4.58. The van der Waals surface area contributed by atoms with Crippen molar-refractivity contribution in [2.24, 2.45) is 5.92 Å². The van der Waals surface area contributed by atoms with Crippen molar-refractivity contribution in [2.45, 2.75) is 19.3 Å². The summed E-state index contributed by atoms with van der Waals surface area (Å²) in [5, 5.41) is 33.9. The maximum absolute atomic E-state index is 10.1. The van der Waals surface area contributed by atoms with E-state index in [-0.39, 0.29) is 5.92 Å². The molecule has 0 radical (unpaired) electrons. The summed E-state index contributed by atoms with van der Waals surface area (Å²) in [7, 11) is 0. The number of rotatable bonds is 4. The number of fused-ring (bicyclic) bond motifs is 6. The molecule has 2 aromatic heterocycles. The fourth-order valence-corrected chi connectivity index (χ4v) is 7.93. The van der Waals surface area contributed by atoms with Crippen LogP contribution in [0.15, 0.2) is 133 Å². The molecule has 0 aliphatic heterocycles. The molecule has 1 unspecified atom stereocenters. The number of nitrogens with zero attached hydrogens (tertiary/aromatic N) is 5. The second-order valence-corrected chi connectivity index (χ2v) is 12.9. The van der Waals surface area contributed by atoms with Gasteiger partial charge in [-0.2, -0.15) is 15.8 Å². The number of hydrogen-bond acceptors (Lipinski definition) is 3. The lowest BCUT2D eigenvalue weighted by molar-refractivity contribution is 0.595. The first kappa shape index (κ1) is 29.3. The van der Waals surface area contributed by atoms with Crippen LogP contribution in [0.25, 0.3) is 77.2 Å². The van der Waals surface area contributed by atoms with E-state index in [1.807, 2.05) is 42.5 Å². The van der Waals surface area contributed by atoms with E-state index in [0.717, 1.165) is 90.8 Å². The van der Waals surface area contributed by atoms with E-state index in [2.05, 4.69) is 118 Å². The lowest BCUT2D eigenvalue weighted by Crippen LogP contribution is -2.07. The van der Waals surface area contributed by atoms with Gasteiger partial charge in [-0.05, 0) is 78.4 Å². The zero-order valence-electron chi connectivity index (χ0n) is 27.1. The zero-order valence-corrected chi connectivity index (χ0v) is 27.1. The van der Waals surface area contributed by atoms with E-state index in [9.17, 15) is 15.8 Å². The maximum atomic E-state index is 10.1. The molecule has 1 aliphatic rings. The summed E-state index contributed by atoms with van der Waals surface area (Å²) in [5.74, 6) is 0.0304. The topological polar surface area (TPSA) is 81.2 Å². The number of aromatic nitrogens is 2. The minimum Gasteiger partial charge on any atom is -0.313 e. The highest BCUT2D eigenvalue weighted by molar-refractivity contribution is 6.16. The smallest absolute Gasteiger partial charge is 0.101 e. The molecule has 6 aromatic carbocycles. The molecule has 234 valence electrons. The Morgan fingerprint density at radius 2 is 1.30 bits per heavy atom. The molecule has 8 aromatic rings. The van der Waals surface area contributed by atoms with Crippen molar-refractivity contribution in [3.63, 3.8) is 0 Å². The summed E-state index contributed by atoms with van der Waals surface area (Å²) in [6.45, 7) is 0. The Kier molecular flexibility index (Phi) is 6.84. The molecule has 5 nitrogen and oxygen atoms in total. The van der Waals surface area contributed by atoms with Crippen molar-refractivity contribution in [3.8, 4) is 46.1 Å². The summed E-state index contributed by atoms with van der Waals surface area (Å²) in [5.41, 5.74) is 11.9. The van der Waals surface area contributed by atoms with Crippen molar-refractivity contribution in [1.82, 2.24) is 9.13 Å². The monoisotopic (exact) mass is 639 g/mol. The van der Waals surface area contributed by atoms with E-state index in [0.29, 0.717) is 11.1 Å². The molecule has 0 spiro atoms. The van der Waals surface area contributed by atoms with Gasteiger partial charge in [0.15, 0.2) is 0 Å². The van der Waals surface area contributed by atoms with Gasteiger partial charge in [0.25, 0.3) is 0 Å². The maximum Gasteiger partial charge on any atom is 0.101 e. The van der Waals surface area contributed by atoms with Crippen LogP contribution >= 0.6 is 0 Å². The van der Waals surface area contributed by atoms with Gasteiger partial charge in [0.05, 0.1) is 56.9 Å². The molecule has 1 aliphatic carbocycles. The summed E-state index contributed by atoms with van der Waals surface area (Å²) >= 11 is 0. The lowest BCUT2D eigenvalue weighted by Gasteiger charge is -2.21. The van der Waals surface area contributed by atoms with E-state index in [1.54, 1.807) is 0 Å². The number of nitriles is 3. The van der Waals surface area contributed by atoms with E-state index in [1.165, 1.54) is 5.70 Å². The molecular weight excluding hydrogens is 611 g/mol. The lowest BCUT2D eigenvalue weighted by atomic mass is 9.92. The van der Waals surface area contributed by atoms with Crippen LogP contribution in [0.4, 0.5) is 0 Å². The van der Waals surface area contributed by atoms with Crippen LogP contribution in [0.1, 0.15) is 30.4 Å². The van der Waals surface area contributed by atoms with E-state index >= 15 is 0 Å². The molecule has 50 heavy (non-hydrogen) atoms. The van der Waals surface area contributed by atoms with Crippen LogP contribution in [0.3, 0.4) is 0 Å². The van der Waals surface area contributed by atoms with Crippen molar-refractivity contribution >= 4 is 49.3 Å². The molecular formula is C45H29N5. The predicted octanol–water partition coefficient (Wildman–Crippen LogP) is 11.1. The highest BCUT2D eigenvalue weighted by Gasteiger charge is 2.23. The molecule has 0 amide bonds. The standard InChI is InChI=1S/C45H29N5/c46-26-29-16-20-33(21-17-29)49-43-23-18-30(27-47)24-40(43)39-13-7-12-38(45(39)49)35-10-3-2-9-34(35)31-19-22-37-36-11-4-6-15-42(36)50(44(37)25-31)41-14-5-1-8-32(41)28-48/h1-15,18-20,22-25,29H,16-17,21H2. The fourth-order valence-electron chi connectivity index (χ4n) is 7.93. The third-order valence-electron chi connectivity index (χ3n) is 10.2. The Bertz CT molecular complexity index is 2840. The number of allylic oxidation sites excluding steroid dienone is 2. The van der Waals surface area contributed by atoms with Gasteiger partial charge in [0.1, 0.15) is 6.07 Å². The Morgan fingerprint density at radius 3 is 2.12 bits per heavy atom. The third-order valence-corrected chi connectivity index (χ3v) is 10.2. The van der Waals surface area contributed by atoms with Crippen molar-refractivity contribution in [1.29, 1.82) is 15.8 Å². The van der Waals surface area contributed by atoms with Crippen molar-refractivity contribution in [3.05, 3.63) is 145 Å². The van der Waals surface area contributed by atoms with Crippen molar-refractivity contribution < 1.29 is 0 Å². The van der Waals surface area contributed by atoms with Crippen LogP contribution in [-0.2, 0) is 0 Å².